The van der Waals surface area contributed by atoms with Crippen molar-refractivity contribution >= 4 is 5.82 Å². The van der Waals surface area contributed by atoms with E-state index in [4.69, 9.17) is 4.42 Å². The molecule has 3 heterocycles. The normalized spacial score (nSPS) is 19.1. The Bertz CT molecular complexity index is 611. The van der Waals surface area contributed by atoms with Crippen molar-refractivity contribution in [1.29, 1.82) is 0 Å². The maximum atomic E-state index is 12.6. The van der Waals surface area contributed by atoms with Gasteiger partial charge in [-0.15, -0.1) is 0 Å². The van der Waals surface area contributed by atoms with Crippen LogP contribution >= 0.6 is 0 Å². The highest BCUT2D eigenvalue weighted by molar-refractivity contribution is 5.40. The van der Waals surface area contributed by atoms with Crippen LogP contribution in [-0.4, -0.2) is 24.1 Å². The molecular weight excluding hydrogens is 307 g/mol. The van der Waals surface area contributed by atoms with Gasteiger partial charge in [0.25, 0.3) is 0 Å². The first-order valence-electron chi connectivity index (χ1n) is 7.55. The highest BCUT2D eigenvalue weighted by Crippen LogP contribution is 2.29. The molecule has 1 N–H and O–H groups in total. The van der Waals surface area contributed by atoms with E-state index in [0.717, 1.165) is 50.3 Å². The van der Waals surface area contributed by atoms with Crippen molar-refractivity contribution in [2.24, 2.45) is 0 Å². The Labute approximate surface area is 132 Å². The molecule has 3 rings (SSSR count). The molecule has 0 spiro atoms. The first kappa shape index (κ1) is 15.9. The van der Waals surface area contributed by atoms with Gasteiger partial charge < -0.3 is 14.6 Å². The molecule has 4 nitrogen and oxygen atoms in total. The Morgan fingerprint density at radius 3 is 2.83 bits per heavy atom. The van der Waals surface area contributed by atoms with Gasteiger partial charge in [0.15, 0.2) is 0 Å². The maximum absolute atomic E-state index is 12.6. The maximum Gasteiger partial charge on any atom is 0.417 e. The summed E-state index contributed by atoms with van der Waals surface area (Å²) in [4.78, 5) is 6.00. The van der Waals surface area contributed by atoms with Crippen LogP contribution in [0.2, 0.25) is 0 Å². The minimum absolute atomic E-state index is 0.280. The lowest BCUT2D eigenvalue weighted by Crippen LogP contribution is -2.45. The van der Waals surface area contributed by atoms with Crippen LogP contribution in [-0.2, 0) is 12.7 Å². The van der Waals surface area contributed by atoms with Crippen LogP contribution in [0.5, 0.6) is 0 Å². The summed E-state index contributed by atoms with van der Waals surface area (Å²) >= 11 is 0. The molecule has 1 aliphatic rings. The average molecular weight is 325 g/mol. The van der Waals surface area contributed by atoms with Crippen molar-refractivity contribution in [3.63, 3.8) is 0 Å². The van der Waals surface area contributed by atoms with Crippen molar-refractivity contribution in [2.45, 2.75) is 31.6 Å². The number of furan rings is 1. The van der Waals surface area contributed by atoms with Crippen LogP contribution in [0.4, 0.5) is 19.0 Å². The summed E-state index contributed by atoms with van der Waals surface area (Å²) in [6.45, 7) is 2.26. The molecule has 1 saturated heterocycles. The molecule has 1 atom stereocenters. The van der Waals surface area contributed by atoms with E-state index in [1.165, 1.54) is 6.07 Å². The van der Waals surface area contributed by atoms with E-state index < -0.39 is 11.7 Å². The second kappa shape index (κ2) is 6.62. The van der Waals surface area contributed by atoms with Gasteiger partial charge >= 0.3 is 6.18 Å². The number of hydrogen-bond acceptors (Lipinski definition) is 4. The van der Waals surface area contributed by atoms with Gasteiger partial charge in [-0.2, -0.15) is 13.2 Å². The summed E-state index contributed by atoms with van der Waals surface area (Å²) < 4.78 is 42.8. The number of halogens is 3. The Morgan fingerprint density at radius 2 is 2.17 bits per heavy atom. The lowest BCUT2D eigenvalue weighted by atomic mass is 10.1. The van der Waals surface area contributed by atoms with Crippen LogP contribution in [0.1, 0.15) is 24.0 Å². The van der Waals surface area contributed by atoms with Crippen LogP contribution in [0.25, 0.3) is 0 Å². The van der Waals surface area contributed by atoms with Gasteiger partial charge in [-0.05, 0) is 31.0 Å². The predicted octanol–water partition coefficient (Wildman–Crippen LogP) is 3.45. The third-order valence-electron chi connectivity index (χ3n) is 4.00. The fourth-order valence-corrected chi connectivity index (χ4v) is 2.75. The molecule has 23 heavy (non-hydrogen) atoms. The molecule has 124 valence electrons. The van der Waals surface area contributed by atoms with Crippen molar-refractivity contribution in [2.75, 3.05) is 18.0 Å². The number of hydrogen-bond donors (Lipinski definition) is 1. The van der Waals surface area contributed by atoms with Crippen LogP contribution < -0.4 is 10.2 Å². The smallest absolute Gasteiger partial charge is 0.417 e. The molecule has 0 aliphatic carbocycles. The number of anilines is 1. The summed E-state index contributed by atoms with van der Waals surface area (Å²) in [6, 6.07) is 4.72. The Balaban J connectivity index is 1.59. The molecule has 1 fully saturated rings. The summed E-state index contributed by atoms with van der Waals surface area (Å²) in [5.74, 6) is 0.591. The molecule has 0 unspecified atom stereocenters. The highest BCUT2D eigenvalue weighted by Gasteiger charge is 2.31. The Hall–Kier alpha value is -2.02. The van der Waals surface area contributed by atoms with E-state index in [2.05, 4.69) is 10.3 Å². The fraction of sp³-hybridized carbons (Fsp3) is 0.438. The number of nitrogens with zero attached hydrogens (tertiary/aromatic N) is 2. The molecular formula is C16H18F3N3O. The summed E-state index contributed by atoms with van der Waals surface area (Å²) in [5, 5.41) is 3.45. The van der Waals surface area contributed by atoms with Crippen LogP contribution in [0.3, 0.4) is 0 Å². The van der Waals surface area contributed by atoms with Crippen molar-refractivity contribution in [3.05, 3.63) is 48.0 Å². The first-order chi connectivity index (χ1) is 11.0. The minimum atomic E-state index is -4.35. The lowest BCUT2D eigenvalue weighted by molar-refractivity contribution is -0.137. The quantitative estimate of drug-likeness (QED) is 0.935. The average Bonchev–Trinajstić information content (AvgIpc) is 3.06. The molecule has 0 amide bonds. The van der Waals surface area contributed by atoms with Crippen LogP contribution in [0.15, 0.2) is 41.3 Å². The number of rotatable bonds is 4. The predicted molar refractivity (Wildman–Crippen MR) is 80.0 cm³/mol. The van der Waals surface area contributed by atoms with Crippen molar-refractivity contribution in [1.82, 2.24) is 10.3 Å². The molecule has 2 aromatic rings. The third kappa shape index (κ3) is 4.04. The second-order valence-corrected chi connectivity index (χ2v) is 5.70. The lowest BCUT2D eigenvalue weighted by Gasteiger charge is -2.34. The third-order valence-corrected chi connectivity index (χ3v) is 4.00. The largest absolute Gasteiger partial charge is 0.472 e. The van der Waals surface area contributed by atoms with Gasteiger partial charge in [0.05, 0.1) is 18.1 Å². The van der Waals surface area contributed by atoms with E-state index in [-0.39, 0.29) is 6.04 Å². The number of nitrogens with one attached hydrogen (secondary N) is 1. The zero-order valence-electron chi connectivity index (χ0n) is 12.5. The van der Waals surface area contributed by atoms with Crippen molar-refractivity contribution in [3.8, 4) is 0 Å². The monoisotopic (exact) mass is 325 g/mol. The minimum Gasteiger partial charge on any atom is -0.472 e. The molecule has 0 aromatic carbocycles. The van der Waals surface area contributed by atoms with E-state index in [1.807, 2.05) is 11.0 Å². The fourth-order valence-electron chi connectivity index (χ4n) is 2.75. The molecule has 7 heteroatoms. The van der Waals surface area contributed by atoms with Gasteiger partial charge in [0.1, 0.15) is 5.82 Å². The summed E-state index contributed by atoms with van der Waals surface area (Å²) in [6.07, 6.45) is 1.90. The zero-order chi connectivity index (χ0) is 16.3. The van der Waals surface area contributed by atoms with E-state index in [9.17, 15) is 13.2 Å². The van der Waals surface area contributed by atoms with Gasteiger partial charge in [0.2, 0.25) is 0 Å². The van der Waals surface area contributed by atoms with Crippen molar-refractivity contribution < 1.29 is 17.6 Å². The van der Waals surface area contributed by atoms with Gasteiger partial charge in [-0.25, -0.2) is 4.98 Å². The van der Waals surface area contributed by atoms with Gasteiger partial charge in [-0.3, -0.25) is 0 Å². The second-order valence-electron chi connectivity index (χ2n) is 5.70. The van der Waals surface area contributed by atoms with E-state index >= 15 is 0 Å². The van der Waals surface area contributed by atoms with Gasteiger partial charge in [-0.1, -0.05) is 0 Å². The van der Waals surface area contributed by atoms with E-state index in [1.54, 1.807) is 12.5 Å². The highest BCUT2D eigenvalue weighted by atomic mass is 19.4. The molecule has 0 bridgehead atoms. The number of piperidine rings is 1. The Kier molecular flexibility index (Phi) is 4.56. The molecule has 0 saturated carbocycles. The standard InChI is InChI=1S/C16H18F3N3O/c17-16(18,19)13-3-4-15(21-9-13)22-6-1-2-14(10-22)20-8-12-5-7-23-11-12/h3-5,7,9,11,14,20H,1-2,6,8,10H2/t14-/m0/s1. The topological polar surface area (TPSA) is 41.3 Å². The SMILES string of the molecule is FC(F)(F)c1ccc(N2CCC[C@H](NCc3ccoc3)C2)nc1. The first-order valence-corrected chi connectivity index (χ1v) is 7.55. The summed E-state index contributed by atoms with van der Waals surface area (Å²) in [5.41, 5.74) is 0.364. The Morgan fingerprint density at radius 1 is 1.30 bits per heavy atom. The number of pyridine rings is 1. The van der Waals surface area contributed by atoms with E-state index in [0.29, 0.717) is 5.82 Å². The molecule has 1 aliphatic heterocycles. The summed E-state index contributed by atoms with van der Waals surface area (Å²) in [7, 11) is 0. The number of alkyl halides is 3. The molecule has 2 aromatic heterocycles. The van der Waals surface area contributed by atoms with Gasteiger partial charge in [0, 0.05) is 37.4 Å². The van der Waals surface area contributed by atoms with Crippen LogP contribution in [0, 0.1) is 0 Å². The number of aromatic nitrogens is 1. The molecule has 0 radical (unpaired) electrons. The zero-order valence-corrected chi connectivity index (χ0v) is 12.5.